The second-order valence-electron chi connectivity index (χ2n) is 15.4. The molecule has 0 radical (unpaired) electrons. The van der Waals surface area contributed by atoms with Crippen molar-refractivity contribution in [2.75, 3.05) is 79.8 Å². The van der Waals surface area contributed by atoms with Crippen LogP contribution in [0.15, 0.2) is 0 Å². The quantitative estimate of drug-likeness (QED) is 0.0403. The van der Waals surface area contributed by atoms with Crippen LogP contribution in [0, 0.1) is 17.8 Å². The molecule has 0 aliphatic heterocycles. The third kappa shape index (κ3) is 32.4. The van der Waals surface area contributed by atoms with Gasteiger partial charge in [-0.15, -0.1) is 0 Å². The Bertz CT molecular complexity index is 1460. The monoisotopic (exact) mass is 870 g/mol. The van der Waals surface area contributed by atoms with Crippen molar-refractivity contribution in [3.63, 3.8) is 0 Å². The summed E-state index contributed by atoms with van der Waals surface area (Å²) in [5.74, 6) is -5.86. The van der Waals surface area contributed by atoms with Gasteiger partial charge in [-0.05, 0) is 12.3 Å². The topological polar surface area (TPSA) is 270 Å². The molecule has 0 saturated heterocycles. The molecule has 4 N–H and O–H groups in total. The number of hydrogen-bond acceptors (Lipinski definition) is 15. The average Bonchev–Trinajstić information content (AvgIpc) is 3.19. The molecule has 0 aliphatic rings. The van der Waals surface area contributed by atoms with Gasteiger partial charge < -0.3 is 45.3 Å². The van der Waals surface area contributed by atoms with E-state index in [1.807, 2.05) is 27.7 Å². The Morgan fingerprint density at radius 1 is 0.525 bits per heavy atom. The van der Waals surface area contributed by atoms with Crippen molar-refractivity contribution in [3.05, 3.63) is 0 Å². The molecular weight excluding hydrogens is 800 g/mol. The minimum atomic E-state index is -0.815. The van der Waals surface area contributed by atoms with Crippen molar-refractivity contribution in [1.29, 1.82) is 0 Å². The normalized spacial score (nSPS) is 10.7. The third-order valence-corrected chi connectivity index (χ3v) is 8.38. The number of nitrogens with one attached hydrogen (secondary N) is 4. The molecule has 5 amide bonds. The summed E-state index contributed by atoms with van der Waals surface area (Å²) in [7, 11) is 2.20. The largest absolute Gasteiger partial charge is 0.468 e. The summed E-state index contributed by atoms with van der Waals surface area (Å²) in [4.78, 5) is 135. The van der Waals surface area contributed by atoms with Gasteiger partial charge in [-0.2, -0.15) is 0 Å². The molecule has 0 aromatic rings. The van der Waals surface area contributed by atoms with Crippen molar-refractivity contribution in [2.24, 2.45) is 17.8 Å². The van der Waals surface area contributed by atoms with E-state index in [0.29, 0.717) is 19.1 Å². The van der Waals surface area contributed by atoms with Crippen LogP contribution in [0.5, 0.6) is 0 Å². The Labute approximate surface area is 359 Å². The number of carbonyl (C=O) groups excluding carboxylic acids is 11. The van der Waals surface area contributed by atoms with E-state index in [1.165, 1.54) is 0 Å². The first-order chi connectivity index (χ1) is 28.5. The first-order valence-electron chi connectivity index (χ1n) is 20.4. The van der Waals surface area contributed by atoms with Crippen molar-refractivity contribution in [2.45, 2.75) is 100.0 Å². The third-order valence-electron chi connectivity index (χ3n) is 8.38. The SMILES string of the molecule is CC(C)NCCOCC(=O)C(C)C.COC(=O)CN(CC(=O)CCNC(=O)CN(CC(=O)OC)C(=O)CNC(=O)CCC(C)C)C(=O)CCC(=O)CNC(=O)CC(=O)C(C)C. The van der Waals surface area contributed by atoms with Gasteiger partial charge in [-0.1, -0.05) is 55.4 Å². The number of amides is 5. The minimum Gasteiger partial charge on any atom is -0.468 e. The van der Waals surface area contributed by atoms with Gasteiger partial charge in [0, 0.05) is 56.7 Å². The molecule has 0 aromatic heterocycles. The predicted octanol–water partition coefficient (Wildman–Crippen LogP) is -0.0758. The Hall–Kier alpha value is -5.11. The summed E-state index contributed by atoms with van der Waals surface area (Å²) in [6.45, 7) is 13.5. The standard InChI is InChI=1S/C31H49N5O12.C10H21NO2/c1-20(2)7-9-25(40)34-15-29(44)36(19-31(46)48-6)17-27(42)32-12-11-23(38)16-35(18-30(45)47-5)28(43)10-8-22(37)14-33-26(41)13-24(39)21(3)4;1-8(2)10(12)7-13-6-5-11-9(3)4/h20-21H,7-19H2,1-6H3,(H,32,42)(H,33,41)(H,34,40);8-9,11H,5-7H2,1-4H3. The van der Waals surface area contributed by atoms with Gasteiger partial charge in [0.2, 0.25) is 29.5 Å². The van der Waals surface area contributed by atoms with E-state index in [0.717, 1.165) is 30.6 Å². The van der Waals surface area contributed by atoms with E-state index in [9.17, 15) is 52.7 Å². The van der Waals surface area contributed by atoms with Crippen LogP contribution in [0.4, 0.5) is 0 Å². The fourth-order valence-corrected chi connectivity index (χ4v) is 4.44. The van der Waals surface area contributed by atoms with Crippen LogP contribution in [-0.4, -0.2) is 160 Å². The van der Waals surface area contributed by atoms with E-state index in [-0.39, 0.29) is 80.5 Å². The van der Waals surface area contributed by atoms with Crippen LogP contribution in [-0.2, 0) is 67.0 Å². The summed E-state index contributed by atoms with van der Waals surface area (Å²) in [6.07, 6.45) is -0.495. The molecule has 0 aromatic carbocycles. The van der Waals surface area contributed by atoms with Gasteiger partial charge in [0.25, 0.3) is 0 Å². The second kappa shape index (κ2) is 33.6. The van der Waals surface area contributed by atoms with Gasteiger partial charge in [0.05, 0.1) is 46.9 Å². The average molecular weight is 871 g/mol. The summed E-state index contributed by atoms with van der Waals surface area (Å²) >= 11 is 0. The number of nitrogens with zero attached hydrogens (tertiary/aromatic N) is 2. The molecule has 0 unspecified atom stereocenters. The highest BCUT2D eigenvalue weighted by molar-refractivity contribution is 6.00. The summed E-state index contributed by atoms with van der Waals surface area (Å²) in [5, 5.41) is 10.4. The zero-order chi connectivity index (χ0) is 47.1. The molecule has 20 nitrogen and oxygen atoms in total. The van der Waals surface area contributed by atoms with Crippen LogP contribution < -0.4 is 21.3 Å². The Morgan fingerprint density at radius 2 is 1.08 bits per heavy atom. The molecule has 0 fully saturated rings. The van der Waals surface area contributed by atoms with Gasteiger partial charge >= 0.3 is 11.9 Å². The predicted molar refractivity (Wildman–Crippen MR) is 222 cm³/mol. The van der Waals surface area contributed by atoms with Gasteiger partial charge in [-0.3, -0.25) is 52.7 Å². The number of ether oxygens (including phenoxy) is 3. The van der Waals surface area contributed by atoms with Crippen molar-refractivity contribution >= 4 is 64.6 Å². The number of ketones is 4. The maximum Gasteiger partial charge on any atom is 0.325 e. The van der Waals surface area contributed by atoms with E-state index in [2.05, 4.69) is 44.6 Å². The van der Waals surface area contributed by atoms with E-state index in [1.54, 1.807) is 13.8 Å². The lowest BCUT2D eigenvalue weighted by Crippen LogP contribution is -2.47. The number of methoxy groups -OCH3 is 2. The first kappa shape index (κ1) is 58.0. The molecule has 0 aliphatic carbocycles. The molecule has 0 rings (SSSR count). The summed E-state index contributed by atoms with van der Waals surface area (Å²) in [5.41, 5.74) is 0. The maximum atomic E-state index is 12.7. The molecule has 0 heterocycles. The summed E-state index contributed by atoms with van der Waals surface area (Å²) in [6, 6.07) is 0.476. The lowest BCUT2D eigenvalue weighted by atomic mass is 10.1. The minimum absolute atomic E-state index is 0.0815. The molecule has 61 heavy (non-hydrogen) atoms. The van der Waals surface area contributed by atoms with Crippen LogP contribution in [0.25, 0.3) is 0 Å². The maximum absolute atomic E-state index is 12.7. The molecule has 0 atom stereocenters. The Kier molecular flexibility index (Phi) is 31.9. The van der Waals surface area contributed by atoms with Crippen LogP contribution >= 0.6 is 0 Å². The number of hydrogen-bond donors (Lipinski definition) is 4. The van der Waals surface area contributed by atoms with Crippen molar-refractivity contribution < 1.29 is 67.0 Å². The van der Waals surface area contributed by atoms with Gasteiger partial charge in [0.15, 0.2) is 17.3 Å². The highest BCUT2D eigenvalue weighted by atomic mass is 16.5. The number of Topliss-reactive ketones (excluding diaryl/α,β-unsaturated/α-hetero) is 4. The fraction of sp³-hybridized carbons (Fsp3) is 0.732. The fourth-order valence-electron chi connectivity index (χ4n) is 4.44. The zero-order valence-corrected chi connectivity index (χ0v) is 37.7. The van der Waals surface area contributed by atoms with Crippen LogP contribution in [0.1, 0.15) is 93.9 Å². The zero-order valence-electron chi connectivity index (χ0n) is 37.7. The van der Waals surface area contributed by atoms with E-state index >= 15 is 0 Å². The molecule has 348 valence electrons. The van der Waals surface area contributed by atoms with Gasteiger partial charge in [0.1, 0.15) is 32.0 Å². The van der Waals surface area contributed by atoms with Crippen molar-refractivity contribution in [3.8, 4) is 0 Å². The Morgan fingerprint density at radius 3 is 1.61 bits per heavy atom. The smallest absolute Gasteiger partial charge is 0.325 e. The number of rotatable bonds is 31. The molecule has 20 heteroatoms. The van der Waals surface area contributed by atoms with Crippen molar-refractivity contribution in [1.82, 2.24) is 31.1 Å². The lowest BCUT2D eigenvalue weighted by Gasteiger charge is -2.22. The van der Waals surface area contributed by atoms with Crippen LogP contribution in [0.2, 0.25) is 0 Å². The highest BCUT2D eigenvalue weighted by Gasteiger charge is 2.24. The van der Waals surface area contributed by atoms with E-state index < -0.39 is 86.4 Å². The van der Waals surface area contributed by atoms with Gasteiger partial charge in [-0.25, -0.2) is 0 Å². The lowest BCUT2D eigenvalue weighted by molar-refractivity contribution is -0.148. The molecular formula is C41H70N6O14. The Balaban J connectivity index is 0. The van der Waals surface area contributed by atoms with Crippen LogP contribution in [0.3, 0.4) is 0 Å². The number of carbonyl (C=O) groups is 11. The second-order valence-corrected chi connectivity index (χ2v) is 15.4. The molecule has 0 bridgehead atoms. The summed E-state index contributed by atoms with van der Waals surface area (Å²) < 4.78 is 14.3. The van der Waals surface area contributed by atoms with E-state index in [4.69, 9.17) is 4.74 Å². The molecule has 0 spiro atoms. The molecule has 0 saturated carbocycles. The number of esters is 2. The highest BCUT2D eigenvalue weighted by Crippen LogP contribution is 2.04. The first-order valence-corrected chi connectivity index (χ1v) is 20.4.